The van der Waals surface area contributed by atoms with E-state index in [-0.39, 0.29) is 25.4 Å². The van der Waals surface area contributed by atoms with Gasteiger partial charge in [0, 0.05) is 32.0 Å². The second-order valence-electron chi connectivity index (χ2n) is 3.62. The first-order valence-corrected chi connectivity index (χ1v) is 4.91. The highest BCUT2D eigenvalue weighted by Gasteiger charge is 2.28. The van der Waals surface area contributed by atoms with Crippen molar-refractivity contribution in [1.29, 1.82) is 0 Å². The van der Waals surface area contributed by atoms with Crippen molar-refractivity contribution in [1.82, 2.24) is 4.90 Å². The molecule has 1 aliphatic heterocycles. The van der Waals surface area contributed by atoms with E-state index in [0.717, 1.165) is 0 Å². The number of carbonyl (C=O) groups is 1. The molecule has 0 aliphatic carbocycles. The maximum absolute atomic E-state index is 12.4. The minimum atomic E-state index is -2.32. The molecule has 5 heteroatoms. The molecule has 0 spiro atoms. The van der Waals surface area contributed by atoms with Crippen LogP contribution in [0.4, 0.5) is 8.78 Å². The summed E-state index contributed by atoms with van der Waals surface area (Å²) < 4.78 is 24.8. The van der Waals surface area contributed by atoms with Crippen molar-refractivity contribution >= 4 is 5.91 Å². The standard InChI is InChI=1S/C9H16F2N2O/c10-9(11)7-2-1-5-13(6-7)8(14)3-4-12/h7,9H,1-6,12H2/t7-/m1/s1. The molecule has 0 aromatic heterocycles. The Kier molecular flexibility index (Phi) is 4.25. The van der Waals surface area contributed by atoms with Crippen molar-refractivity contribution in [2.24, 2.45) is 11.7 Å². The maximum atomic E-state index is 12.4. The molecule has 1 rings (SSSR count). The van der Waals surface area contributed by atoms with Crippen LogP contribution in [-0.4, -0.2) is 36.9 Å². The fourth-order valence-electron chi connectivity index (χ4n) is 1.72. The summed E-state index contributed by atoms with van der Waals surface area (Å²) in [5.74, 6) is -0.747. The van der Waals surface area contributed by atoms with Gasteiger partial charge in [-0.3, -0.25) is 4.79 Å². The van der Waals surface area contributed by atoms with E-state index < -0.39 is 12.3 Å². The van der Waals surface area contributed by atoms with Crippen LogP contribution in [-0.2, 0) is 4.79 Å². The van der Waals surface area contributed by atoms with Gasteiger partial charge in [-0.2, -0.15) is 0 Å². The van der Waals surface area contributed by atoms with Gasteiger partial charge in [0.25, 0.3) is 0 Å². The van der Waals surface area contributed by atoms with Crippen LogP contribution in [0.3, 0.4) is 0 Å². The Morgan fingerprint density at radius 3 is 2.86 bits per heavy atom. The lowest BCUT2D eigenvalue weighted by atomic mass is 9.98. The summed E-state index contributed by atoms with van der Waals surface area (Å²) in [5, 5.41) is 0. The van der Waals surface area contributed by atoms with E-state index in [0.29, 0.717) is 19.4 Å². The van der Waals surface area contributed by atoms with E-state index >= 15 is 0 Å². The van der Waals surface area contributed by atoms with Gasteiger partial charge >= 0.3 is 0 Å². The van der Waals surface area contributed by atoms with Crippen LogP contribution in [0.5, 0.6) is 0 Å². The zero-order valence-corrected chi connectivity index (χ0v) is 8.09. The quantitative estimate of drug-likeness (QED) is 0.743. The molecule has 0 aromatic rings. The molecule has 82 valence electrons. The summed E-state index contributed by atoms with van der Waals surface area (Å²) in [6.07, 6.45) is -0.866. The predicted octanol–water partition coefficient (Wildman–Crippen LogP) is 0.839. The zero-order valence-electron chi connectivity index (χ0n) is 8.09. The van der Waals surface area contributed by atoms with Crippen LogP contribution in [0.2, 0.25) is 0 Å². The van der Waals surface area contributed by atoms with Gasteiger partial charge in [0.1, 0.15) is 0 Å². The zero-order chi connectivity index (χ0) is 10.6. The normalized spacial score (nSPS) is 22.9. The van der Waals surface area contributed by atoms with Gasteiger partial charge < -0.3 is 10.6 Å². The Labute approximate surface area is 82.2 Å². The highest BCUT2D eigenvalue weighted by atomic mass is 19.3. The summed E-state index contributed by atoms with van der Waals surface area (Å²) in [7, 11) is 0. The largest absolute Gasteiger partial charge is 0.342 e. The number of alkyl halides is 2. The monoisotopic (exact) mass is 206 g/mol. The lowest BCUT2D eigenvalue weighted by Gasteiger charge is -2.32. The van der Waals surface area contributed by atoms with Crippen LogP contribution in [0, 0.1) is 5.92 Å². The van der Waals surface area contributed by atoms with Crippen LogP contribution in [0.25, 0.3) is 0 Å². The smallest absolute Gasteiger partial charge is 0.243 e. The summed E-state index contributed by atoms with van der Waals surface area (Å²) in [4.78, 5) is 12.9. The molecule has 1 heterocycles. The van der Waals surface area contributed by atoms with Gasteiger partial charge in [0.15, 0.2) is 0 Å². The number of hydrogen-bond acceptors (Lipinski definition) is 2. The minimum Gasteiger partial charge on any atom is -0.342 e. The number of rotatable bonds is 3. The molecule has 0 bridgehead atoms. The summed E-state index contributed by atoms with van der Waals surface area (Å²) in [6, 6.07) is 0. The number of carbonyl (C=O) groups excluding carboxylic acids is 1. The third-order valence-corrected chi connectivity index (χ3v) is 2.53. The van der Waals surface area contributed by atoms with Crippen LogP contribution >= 0.6 is 0 Å². The molecule has 1 atom stereocenters. The summed E-state index contributed by atoms with van der Waals surface area (Å²) in [5.41, 5.74) is 5.23. The average Bonchev–Trinajstić information content (AvgIpc) is 2.18. The number of nitrogens with zero attached hydrogens (tertiary/aromatic N) is 1. The highest BCUT2D eigenvalue weighted by molar-refractivity contribution is 5.76. The molecule has 2 N–H and O–H groups in total. The molecule has 1 fully saturated rings. The molecule has 0 saturated carbocycles. The second kappa shape index (κ2) is 5.24. The van der Waals surface area contributed by atoms with Gasteiger partial charge in [-0.15, -0.1) is 0 Å². The fourth-order valence-corrected chi connectivity index (χ4v) is 1.72. The van der Waals surface area contributed by atoms with E-state index in [4.69, 9.17) is 5.73 Å². The first-order chi connectivity index (χ1) is 6.65. The van der Waals surface area contributed by atoms with Crippen molar-refractivity contribution in [2.45, 2.75) is 25.7 Å². The van der Waals surface area contributed by atoms with Crippen LogP contribution in [0.1, 0.15) is 19.3 Å². The van der Waals surface area contributed by atoms with Crippen molar-refractivity contribution in [3.05, 3.63) is 0 Å². The topological polar surface area (TPSA) is 46.3 Å². The van der Waals surface area contributed by atoms with E-state index in [1.165, 1.54) is 4.90 Å². The first kappa shape index (κ1) is 11.4. The number of nitrogens with two attached hydrogens (primary N) is 1. The number of amides is 1. The van der Waals surface area contributed by atoms with Gasteiger partial charge in [0.05, 0.1) is 0 Å². The third-order valence-electron chi connectivity index (χ3n) is 2.53. The molecular formula is C9H16F2N2O. The Bertz CT molecular complexity index is 199. The lowest BCUT2D eigenvalue weighted by Crippen LogP contribution is -2.42. The maximum Gasteiger partial charge on any atom is 0.243 e. The Hall–Kier alpha value is -0.710. The van der Waals surface area contributed by atoms with E-state index in [2.05, 4.69) is 0 Å². The molecule has 0 radical (unpaired) electrons. The van der Waals surface area contributed by atoms with E-state index in [9.17, 15) is 13.6 Å². The molecule has 1 amide bonds. The van der Waals surface area contributed by atoms with E-state index in [1.807, 2.05) is 0 Å². The Morgan fingerprint density at radius 2 is 2.29 bits per heavy atom. The highest BCUT2D eigenvalue weighted by Crippen LogP contribution is 2.22. The van der Waals surface area contributed by atoms with Gasteiger partial charge in [-0.05, 0) is 12.8 Å². The minimum absolute atomic E-state index is 0.0992. The molecular weight excluding hydrogens is 190 g/mol. The van der Waals surface area contributed by atoms with Crippen LogP contribution in [0.15, 0.2) is 0 Å². The number of hydrogen-bond donors (Lipinski definition) is 1. The molecule has 1 saturated heterocycles. The fraction of sp³-hybridized carbons (Fsp3) is 0.889. The van der Waals surface area contributed by atoms with Crippen molar-refractivity contribution < 1.29 is 13.6 Å². The molecule has 0 aromatic carbocycles. The molecule has 3 nitrogen and oxygen atoms in total. The van der Waals surface area contributed by atoms with Crippen molar-refractivity contribution in [3.63, 3.8) is 0 Å². The lowest BCUT2D eigenvalue weighted by molar-refractivity contribution is -0.134. The van der Waals surface area contributed by atoms with Crippen molar-refractivity contribution in [3.8, 4) is 0 Å². The Balaban J connectivity index is 2.43. The van der Waals surface area contributed by atoms with Gasteiger partial charge in [0.2, 0.25) is 12.3 Å². The van der Waals surface area contributed by atoms with Crippen LogP contribution < -0.4 is 5.73 Å². The number of piperidine rings is 1. The predicted molar refractivity (Wildman–Crippen MR) is 49.0 cm³/mol. The summed E-state index contributed by atoms with van der Waals surface area (Å²) >= 11 is 0. The Morgan fingerprint density at radius 1 is 1.57 bits per heavy atom. The molecule has 14 heavy (non-hydrogen) atoms. The number of halogens is 2. The first-order valence-electron chi connectivity index (χ1n) is 4.91. The van der Waals surface area contributed by atoms with Gasteiger partial charge in [-0.25, -0.2) is 8.78 Å². The molecule has 1 aliphatic rings. The number of likely N-dealkylation sites (tertiary alicyclic amines) is 1. The third kappa shape index (κ3) is 2.90. The summed E-state index contributed by atoms with van der Waals surface area (Å²) in [6.45, 7) is 1.08. The second-order valence-corrected chi connectivity index (χ2v) is 3.62. The SMILES string of the molecule is NCCC(=O)N1CCC[C@@H](C(F)F)C1. The van der Waals surface area contributed by atoms with Crippen molar-refractivity contribution in [2.75, 3.05) is 19.6 Å². The van der Waals surface area contributed by atoms with Gasteiger partial charge in [-0.1, -0.05) is 0 Å². The van der Waals surface area contributed by atoms with E-state index in [1.54, 1.807) is 0 Å². The average molecular weight is 206 g/mol. The molecule has 0 unspecified atom stereocenters.